The molecule has 0 heterocycles. The molecule has 172 valence electrons. The number of anilines is 2. The summed E-state index contributed by atoms with van der Waals surface area (Å²) in [5.41, 5.74) is 2.78. The second kappa shape index (κ2) is 10.8. The molecular weight excluding hydrogens is 436 g/mol. The molecule has 0 saturated carbocycles. The summed E-state index contributed by atoms with van der Waals surface area (Å²) < 4.78 is 33.9. The quantitative estimate of drug-likeness (QED) is 0.431. The average molecular weight is 465 g/mol. The third-order valence-electron chi connectivity index (χ3n) is 5.02. The van der Waals surface area contributed by atoms with E-state index in [-0.39, 0.29) is 11.4 Å². The predicted molar refractivity (Wildman–Crippen MR) is 132 cm³/mol. The number of ether oxygens (including phenoxy) is 1. The molecule has 0 aliphatic heterocycles. The number of sulfonamides is 1. The van der Waals surface area contributed by atoms with Crippen molar-refractivity contribution >= 4 is 27.3 Å². The molecular formula is C26H28N2O4S. The first kappa shape index (κ1) is 24.1. The molecule has 0 radical (unpaired) electrons. The third-order valence-corrected chi connectivity index (χ3v) is 6.80. The van der Waals surface area contributed by atoms with Crippen LogP contribution in [0.1, 0.15) is 18.1 Å². The van der Waals surface area contributed by atoms with Crippen molar-refractivity contribution in [2.45, 2.75) is 25.2 Å². The molecule has 0 saturated heterocycles. The molecule has 0 bridgehead atoms. The maximum absolute atomic E-state index is 13.6. The van der Waals surface area contributed by atoms with Gasteiger partial charge < -0.3 is 10.1 Å². The van der Waals surface area contributed by atoms with Gasteiger partial charge in [0.25, 0.3) is 10.0 Å². The number of nitrogens with zero attached hydrogens (tertiary/aromatic N) is 1. The standard InChI is InChI=1S/C26H28N2O4S/c1-4-17-32-23-11-8-10-22(18-23)27-26(29)19-28(25-12-7-6-9-21(25)5-2)33(30,31)24-15-13-20(3)14-16-24/h4,6-16,18H,1,5,17,19H2,2-3H3,(H,27,29). The van der Waals surface area contributed by atoms with Crippen LogP contribution in [0.25, 0.3) is 0 Å². The lowest BCUT2D eigenvalue weighted by Gasteiger charge is -2.26. The number of benzene rings is 3. The van der Waals surface area contributed by atoms with E-state index in [0.717, 1.165) is 11.1 Å². The van der Waals surface area contributed by atoms with Crippen molar-refractivity contribution in [2.24, 2.45) is 0 Å². The van der Waals surface area contributed by atoms with Crippen LogP contribution >= 0.6 is 0 Å². The monoisotopic (exact) mass is 464 g/mol. The lowest BCUT2D eigenvalue weighted by molar-refractivity contribution is -0.114. The molecule has 0 spiro atoms. The minimum absolute atomic E-state index is 0.131. The summed E-state index contributed by atoms with van der Waals surface area (Å²) >= 11 is 0. The fourth-order valence-corrected chi connectivity index (χ4v) is 4.80. The minimum atomic E-state index is -3.97. The van der Waals surface area contributed by atoms with Crippen LogP contribution < -0.4 is 14.4 Å². The van der Waals surface area contributed by atoms with Gasteiger partial charge in [-0.2, -0.15) is 0 Å². The largest absolute Gasteiger partial charge is 0.489 e. The lowest BCUT2D eigenvalue weighted by Crippen LogP contribution is -2.38. The van der Waals surface area contributed by atoms with Crippen molar-refractivity contribution in [3.05, 3.63) is 96.6 Å². The van der Waals surface area contributed by atoms with Crippen molar-refractivity contribution in [3.63, 3.8) is 0 Å². The van der Waals surface area contributed by atoms with Crippen molar-refractivity contribution in [3.8, 4) is 5.75 Å². The zero-order valence-corrected chi connectivity index (χ0v) is 19.6. The van der Waals surface area contributed by atoms with Crippen molar-refractivity contribution < 1.29 is 17.9 Å². The second-order valence-corrected chi connectivity index (χ2v) is 9.34. The molecule has 0 aliphatic rings. The van der Waals surface area contributed by atoms with Crippen LogP contribution in [0.3, 0.4) is 0 Å². The average Bonchev–Trinajstić information content (AvgIpc) is 2.81. The molecule has 3 rings (SSSR count). The Morgan fingerprint density at radius 1 is 1.06 bits per heavy atom. The topological polar surface area (TPSA) is 75.7 Å². The predicted octanol–water partition coefficient (Wildman–Crippen LogP) is 4.96. The van der Waals surface area contributed by atoms with Gasteiger partial charge in [0.05, 0.1) is 10.6 Å². The van der Waals surface area contributed by atoms with Crippen molar-refractivity contribution in [2.75, 3.05) is 22.8 Å². The molecule has 1 amide bonds. The lowest BCUT2D eigenvalue weighted by atomic mass is 10.1. The normalized spacial score (nSPS) is 11.0. The van der Waals surface area contributed by atoms with E-state index >= 15 is 0 Å². The van der Waals surface area contributed by atoms with Gasteiger partial charge in [-0.1, -0.05) is 61.5 Å². The number of rotatable bonds is 10. The molecule has 1 N–H and O–H groups in total. The highest BCUT2D eigenvalue weighted by Crippen LogP contribution is 2.28. The summed E-state index contributed by atoms with van der Waals surface area (Å²) in [7, 11) is -3.97. The van der Waals surface area contributed by atoms with E-state index in [4.69, 9.17) is 4.74 Å². The maximum Gasteiger partial charge on any atom is 0.264 e. The van der Waals surface area contributed by atoms with Crippen LogP contribution in [-0.4, -0.2) is 27.5 Å². The van der Waals surface area contributed by atoms with Gasteiger partial charge in [-0.15, -0.1) is 0 Å². The molecule has 0 unspecified atom stereocenters. The maximum atomic E-state index is 13.6. The number of hydrogen-bond acceptors (Lipinski definition) is 4. The van der Waals surface area contributed by atoms with E-state index in [2.05, 4.69) is 11.9 Å². The van der Waals surface area contributed by atoms with E-state index in [1.807, 2.05) is 26.0 Å². The smallest absolute Gasteiger partial charge is 0.264 e. The zero-order chi connectivity index (χ0) is 23.8. The molecule has 33 heavy (non-hydrogen) atoms. The highest BCUT2D eigenvalue weighted by molar-refractivity contribution is 7.92. The molecule has 3 aromatic carbocycles. The molecule has 0 atom stereocenters. The Balaban J connectivity index is 1.92. The zero-order valence-electron chi connectivity index (χ0n) is 18.8. The van der Waals surface area contributed by atoms with E-state index in [1.165, 1.54) is 4.31 Å². The van der Waals surface area contributed by atoms with E-state index in [9.17, 15) is 13.2 Å². The van der Waals surface area contributed by atoms with Gasteiger partial charge in [-0.25, -0.2) is 8.42 Å². The van der Waals surface area contributed by atoms with Gasteiger partial charge in [0.2, 0.25) is 5.91 Å². The minimum Gasteiger partial charge on any atom is -0.489 e. The van der Waals surface area contributed by atoms with E-state index < -0.39 is 15.9 Å². The molecule has 7 heteroatoms. The summed E-state index contributed by atoms with van der Waals surface area (Å²) in [4.78, 5) is 13.1. The summed E-state index contributed by atoms with van der Waals surface area (Å²) in [6, 6.07) is 20.7. The first-order chi connectivity index (χ1) is 15.8. The van der Waals surface area contributed by atoms with Crippen LogP contribution in [0.15, 0.2) is 90.3 Å². The Morgan fingerprint density at radius 3 is 2.48 bits per heavy atom. The van der Waals surface area contributed by atoms with Gasteiger partial charge in [0.15, 0.2) is 0 Å². The van der Waals surface area contributed by atoms with Crippen LogP contribution in [0.2, 0.25) is 0 Å². The van der Waals surface area contributed by atoms with Gasteiger partial charge in [-0.05, 0) is 49.2 Å². The highest BCUT2D eigenvalue weighted by atomic mass is 32.2. The fraction of sp³-hybridized carbons (Fsp3) is 0.192. The Kier molecular flexibility index (Phi) is 7.90. The van der Waals surface area contributed by atoms with Crippen molar-refractivity contribution in [1.82, 2.24) is 0 Å². The van der Waals surface area contributed by atoms with Crippen LogP contribution in [0, 0.1) is 6.92 Å². The van der Waals surface area contributed by atoms with Gasteiger partial charge >= 0.3 is 0 Å². The molecule has 0 aliphatic carbocycles. The number of para-hydroxylation sites is 1. The molecule has 3 aromatic rings. The third kappa shape index (κ3) is 6.02. The van der Waals surface area contributed by atoms with Gasteiger partial charge in [0, 0.05) is 11.8 Å². The van der Waals surface area contributed by atoms with Gasteiger partial charge in [0.1, 0.15) is 18.9 Å². The number of hydrogen-bond donors (Lipinski definition) is 1. The molecule has 0 fully saturated rings. The Labute approximate surface area is 195 Å². The second-order valence-electron chi connectivity index (χ2n) is 7.48. The molecule has 0 aromatic heterocycles. The summed E-state index contributed by atoms with van der Waals surface area (Å²) in [5, 5.41) is 2.78. The first-order valence-electron chi connectivity index (χ1n) is 10.7. The fourth-order valence-electron chi connectivity index (χ4n) is 3.34. The van der Waals surface area contributed by atoms with Crippen LogP contribution in [0.4, 0.5) is 11.4 Å². The first-order valence-corrected chi connectivity index (χ1v) is 12.1. The number of carbonyl (C=O) groups excluding carboxylic acids is 1. The summed E-state index contributed by atoms with van der Waals surface area (Å²) in [6.07, 6.45) is 2.25. The number of nitrogens with one attached hydrogen (secondary N) is 1. The number of aryl methyl sites for hydroxylation is 2. The number of amides is 1. The van der Waals surface area contributed by atoms with Gasteiger partial charge in [-0.3, -0.25) is 9.10 Å². The Morgan fingerprint density at radius 2 is 1.79 bits per heavy atom. The van der Waals surface area contributed by atoms with Crippen LogP contribution in [0.5, 0.6) is 5.75 Å². The summed E-state index contributed by atoms with van der Waals surface area (Å²) in [6.45, 7) is 7.43. The van der Waals surface area contributed by atoms with Crippen LogP contribution in [-0.2, 0) is 21.2 Å². The van der Waals surface area contributed by atoms with E-state index in [1.54, 1.807) is 66.7 Å². The Bertz CT molecular complexity index is 1220. The highest BCUT2D eigenvalue weighted by Gasteiger charge is 2.28. The number of carbonyl (C=O) groups is 1. The summed E-state index contributed by atoms with van der Waals surface area (Å²) in [5.74, 6) is 0.116. The SMILES string of the molecule is C=CCOc1cccc(NC(=O)CN(c2ccccc2CC)S(=O)(=O)c2ccc(C)cc2)c1. The van der Waals surface area contributed by atoms with E-state index in [0.29, 0.717) is 30.2 Å². The molecule has 6 nitrogen and oxygen atoms in total. The Hall–Kier alpha value is -3.58. The van der Waals surface area contributed by atoms with Crippen molar-refractivity contribution in [1.29, 1.82) is 0 Å².